The predicted octanol–water partition coefficient (Wildman–Crippen LogP) is 6.36. The lowest BCUT2D eigenvalue weighted by molar-refractivity contribution is 0.0996. The van der Waals surface area contributed by atoms with Gasteiger partial charge in [-0.2, -0.15) is 4.98 Å². The van der Waals surface area contributed by atoms with Gasteiger partial charge in [0.05, 0.1) is 13.4 Å². The van der Waals surface area contributed by atoms with Crippen molar-refractivity contribution in [3.8, 4) is 40.1 Å². The molecule has 0 aliphatic carbocycles. The summed E-state index contributed by atoms with van der Waals surface area (Å²) in [7, 11) is 1.62. The van der Waals surface area contributed by atoms with E-state index >= 15 is 0 Å². The highest BCUT2D eigenvalue weighted by Crippen LogP contribution is 2.29. The van der Waals surface area contributed by atoms with E-state index < -0.39 is 0 Å². The molecule has 1 amide bonds. The molecule has 8 heteroatoms. The maximum atomic E-state index is 12.4. The molecule has 0 fully saturated rings. The summed E-state index contributed by atoms with van der Waals surface area (Å²) in [4.78, 5) is 16.9. The van der Waals surface area contributed by atoms with Crippen LogP contribution in [0.25, 0.3) is 22.8 Å². The van der Waals surface area contributed by atoms with E-state index in [0.717, 1.165) is 16.9 Å². The van der Waals surface area contributed by atoms with Crippen molar-refractivity contribution < 1.29 is 23.2 Å². The van der Waals surface area contributed by atoms with Gasteiger partial charge in [-0.25, -0.2) is 0 Å². The lowest BCUT2D eigenvalue weighted by Crippen LogP contribution is -2.11. The van der Waals surface area contributed by atoms with E-state index in [1.807, 2.05) is 67.6 Å². The minimum Gasteiger partial charge on any atom is -0.497 e. The van der Waals surface area contributed by atoms with Gasteiger partial charge >= 0.3 is 0 Å². The van der Waals surface area contributed by atoms with Crippen LogP contribution < -0.4 is 14.8 Å². The summed E-state index contributed by atoms with van der Waals surface area (Å²) in [6, 6.07) is 23.5. The molecule has 5 rings (SSSR count). The highest BCUT2D eigenvalue weighted by Gasteiger charge is 2.15. The third kappa shape index (κ3) is 4.91. The van der Waals surface area contributed by atoms with E-state index in [-0.39, 0.29) is 11.7 Å². The molecule has 0 saturated carbocycles. The number of benzene rings is 3. The molecule has 0 atom stereocenters. The van der Waals surface area contributed by atoms with Gasteiger partial charge in [-0.05, 0) is 85.3 Å². The Bertz CT molecular complexity index is 1440. The summed E-state index contributed by atoms with van der Waals surface area (Å²) in [5, 5.41) is 6.96. The van der Waals surface area contributed by atoms with Crippen LogP contribution in [0.4, 0.5) is 5.69 Å². The summed E-state index contributed by atoms with van der Waals surface area (Å²) < 4.78 is 21.7. The van der Waals surface area contributed by atoms with Crippen molar-refractivity contribution in [3.05, 3.63) is 96.4 Å². The fourth-order valence-electron chi connectivity index (χ4n) is 3.39. The second-order valence-corrected chi connectivity index (χ2v) is 7.69. The molecule has 2 aromatic heterocycles. The van der Waals surface area contributed by atoms with Crippen molar-refractivity contribution in [2.75, 3.05) is 12.4 Å². The lowest BCUT2D eigenvalue weighted by atomic mass is 10.1. The number of carbonyl (C=O) groups is 1. The molecule has 0 unspecified atom stereocenters. The van der Waals surface area contributed by atoms with E-state index in [0.29, 0.717) is 34.5 Å². The minimum absolute atomic E-state index is 0.231. The lowest BCUT2D eigenvalue weighted by Gasteiger charge is -2.08. The van der Waals surface area contributed by atoms with Gasteiger partial charge in [-0.3, -0.25) is 4.79 Å². The van der Waals surface area contributed by atoms with Gasteiger partial charge in [-0.15, -0.1) is 0 Å². The van der Waals surface area contributed by atoms with Crippen molar-refractivity contribution in [2.45, 2.75) is 6.92 Å². The van der Waals surface area contributed by atoms with E-state index in [1.54, 1.807) is 25.3 Å². The molecule has 0 saturated heterocycles. The Balaban J connectivity index is 1.31. The first-order chi connectivity index (χ1) is 17.1. The average Bonchev–Trinajstić information content (AvgIpc) is 3.59. The molecule has 0 bridgehead atoms. The number of amides is 1. The molecular formula is C27H21N3O5. The van der Waals surface area contributed by atoms with Crippen molar-refractivity contribution in [3.63, 3.8) is 0 Å². The summed E-state index contributed by atoms with van der Waals surface area (Å²) >= 11 is 0. The number of aryl methyl sites for hydroxylation is 1. The standard InChI is InChI=1S/C27H21N3O5/c1-17-5-6-19(16-23(17)28-26(31)24-4-3-15-33-24)27-29-25(30-35-27)18-7-9-21(10-8-18)34-22-13-11-20(32-2)12-14-22/h3-16H,1-2H3,(H,28,31). The second-order valence-electron chi connectivity index (χ2n) is 7.69. The van der Waals surface area contributed by atoms with Gasteiger partial charge in [0.2, 0.25) is 5.82 Å². The molecule has 35 heavy (non-hydrogen) atoms. The van der Waals surface area contributed by atoms with Gasteiger partial charge in [0, 0.05) is 16.8 Å². The number of methoxy groups -OCH3 is 1. The molecule has 5 aromatic rings. The molecule has 2 heterocycles. The van der Waals surface area contributed by atoms with Crippen molar-refractivity contribution in [2.24, 2.45) is 0 Å². The van der Waals surface area contributed by atoms with Crippen LogP contribution in [0.3, 0.4) is 0 Å². The monoisotopic (exact) mass is 467 g/mol. The molecule has 0 spiro atoms. The van der Waals surface area contributed by atoms with Crippen LogP contribution in [0, 0.1) is 6.92 Å². The Morgan fingerprint density at radius 1 is 0.886 bits per heavy atom. The Hall–Kier alpha value is -4.85. The quantitative estimate of drug-likeness (QED) is 0.297. The SMILES string of the molecule is COc1ccc(Oc2ccc(-c3noc(-c4ccc(C)c(NC(=O)c5ccco5)c4)n3)cc2)cc1. The third-order valence-electron chi connectivity index (χ3n) is 5.31. The number of ether oxygens (including phenoxy) is 2. The number of nitrogens with zero attached hydrogens (tertiary/aromatic N) is 2. The number of nitrogens with one attached hydrogen (secondary N) is 1. The Morgan fingerprint density at radius 2 is 1.57 bits per heavy atom. The fraction of sp³-hybridized carbons (Fsp3) is 0.0741. The van der Waals surface area contributed by atoms with Gasteiger partial charge in [0.25, 0.3) is 11.8 Å². The van der Waals surface area contributed by atoms with Gasteiger partial charge in [0.1, 0.15) is 17.2 Å². The zero-order valence-electron chi connectivity index (χ0n) is 19.0. The van der Waals surface area contributed by atoms with Crippen LogP contribution in [0.15, 0.2) is 94.1 Å². The number of anilines is 1. The van der Waals surface area contributed by atoms with Crippen LogP contribution in [0.1, 0.15) is 16.1 Å². The normalized spacial score (nSPS) is 10.7. The highest BCUT2D eigenvalue weighted by atomic mass is 16.5. The van der Waals surface area contributed by atoms with Crippen LogP contribution in [0.2, 0.25) is 0 Å². The van der Waals surface area contributed by atoms with Crippen LogP contribution in [-0.2, 0) is 0 Å². The topological polar surface area (TPSA) is 99.6 Å². The van der Waals surface area contributed by atoms with Gasteiger partial charge in [-0.1, -0.05) is 11.2 Å². The van der Waals surface area contributed by atoms with E-state index in [1.165, 1.54) is 6.26 Å². The first-order valence-electron chi connectivity index (χ1n) is 10.8. The first-order valence-corrected chi connectivity index (χ1v) is 10.8. The summed E-state index contributed by atoms with van der Waals surface area (Å²) in [5.74, 6) is 2.83. The second kappa shape index (κ2) is 9.56. The van der Waals surface area contributed by atoms with E-state index in [4.69, 9.17) is 18.4 Å². The Kier molecular flexibility index (Phi) is 6.00. The molecule has 0 aliphatic rings. The average molecular weight is 467 g/mol. The summed E-state index contributed by atoms with van der Waals surface area (Å²) in [6.45, 7) is 1.90. The largest absolute Gasteiger partial charge is 0.497 e. The number of hydrogen-bond donors (Lipinski definition) is 1. The first kappa shape index (κ1) is 22.0. The zero-order chi connectivity index (χ0) is 24.2. The molecule has 8 nitrogen and oxygen atoms in total. The maximum absolute atomic E-state index is 12.4. The fourth-order valence-corrected chi connectivity index (χ4v) is 3.39. The smallest absolute Gasteiger partial charge is 0.291 e. The number of aromatic nitrogens is 2. The van der Waals surface area contributed by atoms with E-state index in [9.17, 15) is 4.79 Å². The Morgan fingerprint density at radius 3 is 2.26 bits per heavy atom. The Labute approximate surface area is 201 Å². The highest BCUT2D eigenvalue weighted by molar-refractivity contribution is 6.02. The van der Waals surface area contributed by atoms with Crippen LogP contribution in [0.5, 0.6) is 17.2 Å². The van der Waals surface area contributed by atoms with Crippen molar-refractivity contribution in [1.82, 2.24) is 10.1 Å². The summed E-state index contributed by atoms with van der Waals surface area (Å²) in [5.41, 5.74) is 2.98. The summed E-state index contributed by atoms with van der Waals surface area (Å²) in [6.07, 6.45) is 1.45. The number of rotatable bonds is 7. The minimum atomic E-state index is -0.335. The van der Waals surface area contributed by atoms with E-state index in [2.05, 4.69) is 15.5 Å². The predicted molar refractivity (Wildman–Crippen MR) is 130 cm³/mol. The third-order valence-corrected chi connectivity index (χ3v) is 5.31. The molecule has 174 valence electrons. The van der Waals surface area contributed by atoms with Gasteiger partial charge < -0.3 is 23.7 Å². The molecule has 3 aromatic carbocycles. The number of furan rings is 1. The van der Waals surface area contributed by atoms with Crippen molar-refractivity contribution in [1.29, 1.82) is 0 Å². The maximum Gasteiger partial charge on any atom is 0.291 e. The van der Waals surface area contributed by atoms with Crippen molar-refractivity contribution >= 4 is 11.6 Å². The molecule has 0 aliphatic heterocycles. The molecule has 0 radical (unpaired) electrons. The molecular weight excluding hydrogens is 446 g/mol. The molecule has 1 N–H and O–H groups in total. The van der Waals surface area contributed by atoms with Crippen LogP contribution >= 0.6 is 0 Å². The van der Waals surface area contributed by atoms with Crippen LogP contribution in [-0.4, -0.2) is 23.2 Å². The van der Waals surface area contributed by atoms with Gasteiger partial charge in [0.15, 0.2) is 5.76 Å². The zero-order valence-corrected chi connectivity index (χ0v) is 19.0. The number of carbonyl (C=O) groups excluding carboxylic acids is 1. The number of hydrogen-bond acceptors (Lipinski definition) is 7.